The van der Waals surface area contributed by atoms with Crippen molar-refractivity contribution in [2.75, 3.05) is 13.1 Å². The largest absolute Gasteiger partial charge is 0.341 e. The van der Waals surface area contributed by atoms with E-state index < -0.39 is 0 Å². The first-order valence-corrected chi connectivity index (χ1v) is 6.14. The normalized spacial score (nSPS) is 18.5. The molecule has 0 aliphatic heterocycles. The first-order valence-electron chi connectivity index (χ1n) is 6.14. The van der Waals surface area contributed by atoms with Gasteiger partial charge in [0.1, 0.15) is 0 Å². The second kappa shape index (κ2) is 7.13. The number of nitrogens with zero attached hydrogens (tertiary/aromatic N) is 1. The third kappa shape index (κ3) is 4.30. The average Bonchev–Trinajstić information content (AvgIpc) is 3.06. The fraction of sp³-hybridized carbons (Fsp3) is 0.917. The molecule has 3 nitrogen and oxygen atoms in total. The van der Waals surface area contributed by atoms with Crippen LogP contribution in [-0.4, -0.2) is 29.9 Å². The minimum Gasteiger partial charge on any atom is -0.341 e. The molecule has 1 fully saturated rings. The molecule has 0 radical (unpaired) electrons. The Morgan fingerprint density at radius 3 is 2.38 bits per heavy atom. The van der Waals surface area contributed by atoms with E-state index in [0.717, 1.165) is 25.4 Å². The number of carbonyl (C=O) groups is 1. The molecule has 4 heteroatoms. The maximum Gasteiger partial charge on any atom is 0.239 e. The summed E-state index contributed by atoms with van der Waals surface area (Å²) in [5.74, 6) is 1.17. The zero-order valence-corrected chi connectivity index (χ0v) is 11.4. The van der Waals surface area contributed by atoms with E-state index in [1.165, 1.54) is 12.8 Å². The monoisotopic (exact) mass is 248 g/mol. The van der Waals surface area contributed by atoms with Crippen molar-refractivity contribution in [3.05, 3.63) is 0 Å². The van der Waals surface area contributed by atoms with Gasteiger partial charge in [-0.05, 0) is 31.6 Å². The van der Waals surface area contributed by atoms with Gasteiger partial charge in [-0.25, -0.2) is 0 Å². The van der Waals surface area contributed by atoms with Crippen molar-refractivity contribution >= 4 is 18.3 Å². The molecule has 1 aliphatic carbocycles. The van der Waals surface area contributed by atoms with E-state index in [1.54, 1.807) is 0 Å². The fourth-order valence-corrected chi connectivity index (χ4v) is 1.70. The minimum atomic E-state index is -0.311. The van der Waals surface area contributed by atoms with Crippen LogP contribution in [0.5, 0.6) is 0 Å². The predicted octanol–water partition coefficient (Wildman–Crippen LogP) is 2.04. The topological polar surface area (TPSA) is 46.3 Å². The van der Waals surface area contributed by atoms with Gasteiger partial charge in [0, 0.05) is 13.1 Å². The molecule has 2 atom stereocenters. The predicted molar refractivity (Wildman–Crippen MR) is 69.7 cm³/mol. The van der Waals surface area contributed by atoms with Gasteiger partial charge in [-0.1, -0.05) is 20.3 Å². The van der Waals surface area contributed by atoms with E-state index in [0.29, 0.717) is 0 Å². The van der Waals surface area contributed by atoms with E-state index >= 15 is 0 Å². The second-order valence-electron chi connectivity index (χ2n) is 4.73. The van der Waals surface area contributed by atoms with E-state index in [2.05, 4.69) is 6.92 Å². The summed E-state index contributed by atoms with van der Waals surface area (Å²) in [4.78, 5) is 14.0. The fourth-order valence-electron chi connectivity index (χ4n) is 1.70. The quantitative estimate of drug-likeness (QED) is 0.782. The van der Waals surface area contributed by atoms with Gasteiger partial charge in [0.25, 0.3) is 0 Å². The van der Waals surface area contributed by atoms with Crippen LogP contribution in [0.4, 0.5) is 0 Å². The molecule has 96 valence electrons. The van der Waals surface area contributed by atoms with Crippen molar-refractivity contribution in [3.63, 3.8) is 0 Å². The first kappa shape index (κ1) is 15.7. The Balaban J connectivity index is 0.00000225. The van der Waals surface area contributed by atoms with Gasteiger partial charge in [0.05, 0.1) is 6.04 Å². The number of halogens is 1. The van der Waals surface area contributed by atoms with Crippen molar-refractivity contribution in [1.29, 1.82) is 0 Å². The Labute approximate surface area is 105 Å². The molecule has 0 spiro atoms. The lowest BCUT2D eigenvalue weighted by Crippen LogP contribution is -2.47. The lowest BCUT2D eigenvalue weighted by atomic mass is 9.99. The third-order valence-corrected chi connectivity index (χ3v) is 3.41. The van der Waals surface area contributed by atoms with Crippen LogP contribution in [-0.2, 0) is 4.79 Å². The zero-order valence-electron chi connectivity index (χ0n) is 10.6. The Bertz CT molecular complexity index is 219. The van der Waals surface area contributed by atoms with E-state index in [1.807, 2.05) is 18.7 Å². The summed E-state index contributed by atoms with van der Waals surface area (Å²) >= 11 is 0. The minimum absolute atomic E-state index is 0. The molecule has 16 heavy (non-hydrogen) atoms. The highest BCUT2D eigenvalue weighted by Gasteiger charge is 2.29. The molecule has 2 N–H and O–H groups in total. The summed E-state index contributed by atoms with van der Waals surface area (Å²) < 4.78 is 0. The van der Waals surface area contributed by atoms with Crippen LogP contribution in [0.25, 0.3) is 0 Å². The van der Waals surface area contributed by atoms with Crippen LogP contribution in [0.3, 0.4) is 0 Å². The molecule has 2 unspecified atom stereocenters. The van der Waals surface area contributed by atoms with Crippen molar-refractivity contribution < 1.29 is 4.79 Å². The number of nitrogens with two attached hydrogens (primary N) is 1. The maximum atomic E-state index is 12.0. The number of likely N-dealkylation sites (N-methyl/N-ethyl adjacent to an activating group) is 1. The summed E-state index contributed by atoms with van der Waals surface area (Å²) in [7, 11) is 0. The summed E-state index contributed by atoms with van der Waals surface area (Å²) in [6.07, 6.45) is 3.53. The molecule has 0 aromatic rings. The highest BCUT2D eigenvalue weighted by atomic mass is 35.5. The highest BCUT2D eigenvalue weighted by molar-refractivity contribution is 5.85. The standard InChI is InChI=1S/C12H24N2O.ClH/c1-4-9(3)11(13)12(15)14(5-2)8-10-6-7-10;/h9-11H,4-8,13H2,1-3H3;1H. The Morgan fingerprint density at radius 1 is 1.44 bits per heavy atom. The van der Waals surface area contributed by atoms with Crippen LogP contribution in [0.15, 0.2) is 0 Å². The molecule has 1 amide bonds. The highest BCUT2D eigenvalue weighted by Crippen LogP contribution is 2.29. The Hall–Kier alpha value is -0.280. The molecule has 1 saturated carbocycles. The summed E-state index contributed by atoms with van der Waals surface area (Å²) in [6, 6.07) is -0.311. The number of amides is 1. The average molecular weight is 249 g/mol. The number of rotatable bonds is 6. The van der Waals surface area contributed by atoms with Gasteiger partial charge in [0.15, 0.2) is 0 Å². The number of carbonyl (C=O) groups excluding carboxylic acids is 1. The van der Waals surface area contributed by atoms with Crippen LogP contribution in [0.1, 0.15) is 40.0 Å². The second-order valence-corrected chi connectivity index (χ2v) is 4.73. The summed E-state index contributed by atoms with van der Waals surface area (Å²) in [5, 5.41) is 0. The lowest BCUT2D eigenvalue weighted by molar-refractivity contribution is -0.133. The first-order chi connectivity index (χ1) is 7.10. The molecule has 1 rings (SSSR count). The van der Waals surface area contributed by atoms with Crippen molar-refractivity contribution in [2.45, 2.75) is 46.1 Å². The van der Waals surface area contributed by atoms with Gasteiger partial charge in [-0.15, -0.1) is 12.4 Å². The van der Waals surface area contributed by atoms with Crippen molar-refractivity contribution in [3.8, 4) is 0 Å². The molecule has 0 saturated heterocycles. The SMILES string of the molecule is CCC(C)C(N)C(=O)N(CC)CC1CC1.Cl. The maximum absolute atomic E-state index is 12.0. The number of hydrogen-bond donors (Lipinski definition) is 1. The Morgan fingerprint density at radius 2 is 2.00 bits per heavy atom. The van der Waals surface area contributed by atoms with Crippen molar-refractivity contribution in [2.24, 2.45) is 17.6 Å². The van der Waals surface area contributed by atoms with Crippen LogP contribution in [0.2, 0.25) is 0 Å². The molecule has 0 aromatic heterocycles. The molecule has 0 heterocycles. The van der Waals surface area contributed by atoms with Gasteiger partial charge >= 0.3 is 0 Å². The van der Waals surface area contributed by atoms with Crippen molar-refractivity contribution in [1.82, 2.24) is 4.90 Å². The van der Waals surface area contributed by atoms with E-state index in [-0.39, 0.29) is 30.3 Å². The van der Waals surface area contributed by atoms with E-state index in [4.69, 9.17) is 5.73 Å². The third-order valence-electron chi connectivity index (χ3n) is 3.41. The van der Waals surface area contributed by atoms with Gasteiger partial charge in [0.2, 0.25) is 5.91 Å². The Kier molecular flexibility index (Phi) is 7.00. The van der Waals surface area contributed by atoms with Gasteiger partial charge in [-0.3, -0.25) is 4.79 Å². The number of hydrogen-bond acceptors (Lipinski definition) is 2. The molecule has 0 aromatic carbocycles. The summed E-state index contributed by atoms with van der Waals surface area (Å²) in [5.41, 5.74) is 5.95. The lowest BCUT2D eigenvalue weighted by Gasteiger charge is -2.27. The molecular formula is C12H25ClN2O. The molecule has 1 aliphatic rings. The van der Waals surface area contributed by atoms with Gasteiger partial charge < -0.3 is 10.6 Å². The molecular weight excluding hydrogens is 224 g/mol. The van der Waals surface area contributed by atoms with Crippen LogP contribution >= 0.6 is 12.4 Å². The van der Waals surface area contributed by atoms with E-state index in [9.17, 15) is 4.79 Å². The summed E-state index contributed by atoms with van der Waals surface area (Å²) in [6.45, 7) is 7.87. The molecule has 0 bridgehead atoms. The zero-order chi connectivity index (χ0) is 11.4. The van der Waals surface area contributed by atoms with Gasteiger partial charge in [-0.2, -0.15) is 0 Å². The van der Waals surface area contributed by atoms with Crippen LogP contribution < -0.4 is 5.73 Å². The smallest absolute Gasteiger partial charge is 0.239 e. The van der Waals surface area contributed by atoms with Crippen LogP contribution in [0, 0.1) is 11.8 Å².